The van der Waals surface area contributed by atoms with Gasteiger partial charge in [0.2, 0.25) is 0 Å². The number of carbonyl (C=O) groups excluding carboxylic acids is 1. The summed E-state index contributed by atoms with van der Waals surface area (Å²) in [6.07, 6.45) is 0.0162. The van der Waals surface area contributed by atoms with E-state index in [2.05, 4.69) is 0 Å². The Hall–Kier alpha value is -1.19. The summed E-state index contributed by atoms with van der Waals surface area (Å²) in [7, 11) is 0. The monoisotopic (exact) mass is 262 g/mol. The Bertz CT molecular complexity index is 439. The first-order valence-corrected chi connectivity index (χ1v) is 6.90. The fourth-order valence-corrected chi connectivity index (χ4v) is 2.81. The minimum absolute atomic E-state index is 0.0875. The van der Waals surface area contributed by atoms with Crippen LogP contribution in [-0.2, 0) is 15.1 Å². The molecule has 1 unspecified atom stereocenters. The van der Waals surface area contributed by atoms with Crippen LogP contribution in [0.2, 0.25) is 0 Å². The second kappa shape index (κ2) is 5.43. The normalized spacial score (nSPS) is 27.8. The van der Waals surface area contributed by atoms with Crippen molar-refractivity contribution in [3.8, 4) is 0 Å². The van der Waals surface area contributed by atoms with E-state index < -0.39 is 11.7 Å². The highest BCUT2D eigenvalue weighted by atomic mass is 16.5. The van der Waals surface area contributed by atoms with E-state index in [0.717, 1.165) is 12.0 Å². The highest BCUT2D eigenvalue weighted by Crippen LogP contribution is 2.35. The molecule has 0 saturated heterocycles. The summed E-state index contributed by atoms with van der Waals surface area (Å²) in [6, 6.07) is 9.97. The van der Waals surface area contributed by atoms with Crippen LogP contribution in [0.1, 0.15) is 39.2 Å². The zero-order valence-corrected chi connectivity index (χ0v) is 11.8. The molecular formula is C16H22O3. The number of ketones is 1. The van der Waals surface area contributed by atoms with Crippen LogP contribution in [-0.4, -0.2) is 23.1 Å². The molecule has 1 aliphatic carbocycles. The van der Waals surface area contributed by atoms with Crippen molar-refractivity contribution in [3.63, 3.8) is 0 Å². The lowest BCUT2D eigenvalue weighted by molar-refractivity contribution is -0.125. The van der Waals surface area contributed by atoms with Gasteiger partial charge in [0, 0.05) is 12.3 Å². The van der Waals surface area contributed by atoms with Gasteiger partial charge in [0.05, 0.1) is 11.7 Å². The Labute approximate surface area is 114 Å². The summed E-state index contributed by atoms with van der Waals surface area (Å²) < 4.78 is 6.15. The molecule has 19 heavy (non-hydrogen) atoms. The number of aliphatic hydroxyl groups excluding tert-OH is 1. The maximum atomic E-state index is 11.6. The van der Waals surface area contributed by atoms with Crippen molar-refractivity contribution in [1.29, 1.82) is 0 Å². The predicted molar refractivity (Wildman–Crippen MR) is 73.8 cm³/mol. The number of benzene rings is 1. The summed E-state index contributed by atoms with van der Waals surface area (Å²) in [5, 5.41) is 9.87. The van der Waals surface area contributed by atoms with Crippen LogP contribution in [0.4, 0.5) is 0 Å². The van der Waals surface area contributed by atoms with Gasteiger partial charge in [0.15, 0.2) is 5.78 Å². The van der Waals surface area contributed by atoms with E-state index in [4.69, 9.17) is 4.74 Å². The van der Waals surface area contributed by atoms with Crippen molar-refractivity contribution in [2.45, 2.75) is 51.4 Å². The molecule has 0 bridgehead atoms. The number of Topliss-reactive ketones (excluding diaryl/α,β-unsaturated/α-hetero) is 1. The molecule has 3 atom stereocenters. The number of hydrogen-bond donors (Lipinski definition) is 1. The smallest absolute Gasteiger partial charge is 0.164 e. The topological polar surface area (TPSA) is 46.5 Å². The number of hydrogen-bond acceptors (Lipinski definition) is 3. The Balaban J connectivity index is 2.14. The zero-order chi connectivity index (χ0) is 14.0. The average molecular weight is 262 g/mol. The summed E-state index contributed by atoms with van der Waals surface area (Å²) in [5.74, 6) is -0.184. The van der Waals surface area contributed by atoms with Crippen molar-refractivity contribution in [3.05, 3.63) is 35.9 Å². The predicted octanol–water partition coefficient (Wildman–Crippen LogP) is 2.67. The molecule has 1 saturated carbocycles. The van der Waals surface area contributed by atoms with Gasteiger partial charge in [-0.25, -0.2) is 0 Å². The fraction of sp³-hybridized carbons (Fsp3) is 0.562. The molecule has 2 rings (SSSR count). The van der Waals surface area contributed by atoms with Crippen LogP contribution in [0.25, 0.3) is 0 Å². The zero-order valence-electron chi connectivity index (χ0n) is 11.8. The third kappa shape index (κ3) is 2.88. The Morgan fingerprint density at radius 2 is 1.95 bits per heavy atom. The van der Waals surface area contributed by atoms with Gasteiger partial charge in [0.1, 0.15) is 6.10 Å². The molecular weight excluding hydrogens is 240 g/mol. The number of aliphatic hydroxyl groups is 1. The molecule has 1 aliphatic rings. The van der Waals surface area contributed by atoms with Crippen LogP contribution in [0.15, 0.2) is 30.3 Å². The van der Waals surface area contributed by atoms with Gasteiger partial charge >= 0.3 is 0 Å². The first kappa shape index (κ1) is 14.2. The molecule has 3 heteroatoms. The minimum atomic E-state index is -0.860. The summed E-state index contributed by atoms with van der Waals surface area (Å²) in [4.78, 5) is 11.6. The van der Waals surface area contributed by atoms with Crippen molar-refractivity contribution in [2.24, 2.45) is 5.92 Å². The lowest BCUT2D eigenvalue weighted by Gasteiger charge is -2.32. The Morgan fingerprint density at radius 1 is 1.32 bits per heavy atom. The summed E-state index contributed by atoms with van der Waals surface area (Å²) >= 11 is 0. The van der Waals surface area contributed by atoms with Gasteiger partial charge in [-0.05, 0) is 25.8 Å². The van der Waals surface area contributed by atoms with E-state index in [1.54, 1.807) is 0 Å². The van der Waals surface area contributed by atoms with Crippen LogP contribution in [0, 0.1) is 5.92 Å². The lowest BCUT2D eigenvalue weighted by atomic mass is 9.95. The number of carbonyl (C=O) groups is 1. The molecule has 0 aromatic heterocycles. The number of rotatable bonds is 4. The Kier molecular flexibility index (Phi) is 4.07. The highest BCUT2D eigenvalue weighted by molar-refractivity contribution is 5.86. The maximum absolute atomic E-state index is 11.6. The SMILES string of the molecule is CC[C@@H]1C(O)C(=O)C[C@H]1OC(C)(C)c1ccccc1. The first-order chi connectivity index (χ1) is 8.95. The van der Waals surface area contributed by atoms with Gasteiger partial charge < -0.3 is 9.84 Å². The molecule has 104 valence electrons. The summed E-state index contributed by atoms with van der Waals surface area (Å²) in [5.41, 5.74) is 0.627. The van der Waals surface area contributed by atoms with Crippen molar-refractivity contribution < 1.29 is 14.6 Å². The molecule has 3 nitrogen and oxygen atoms in total. The van der Waals surface area contributed by atoms with Gasteiger partial charge in [-0.2, -0.15) is 0 Å². The summed E-state index contributed by atoms with van der Waals surface area (Å²) in [6.45, 7) is 5.99. The van der Waals surface area contributed by atoms with Gasteiger partial charge in [-0.1, -0.05) is 37.3 Å². The fourth-order valence-electron chi connectivity index (χ4n) is 2.81. The van der Waals surface area contributed by atoms with Gasteiger partial charge in [0.25, 0.3) is 0 Å². The molecule has 0 aliphatic heterocycles. The highest BCUT2D eigenvalue weighted by Gasteiger charge is 2.43. The lowest BCUT2D eigenvalue weighted by Crippen LogP contribution is -2.33. The van der Waals surface area contributed by atoms with Crippen LogP contribution in [0.3, 0.4) is 0 Å². The molecule has 0 radical (unpaired) electrons. The van der Waals surface area contributed by atoms with E-state index in [9.17, 15) is 9.90 Å². The maximum Gasteiger partial charge on any atom is 0.164 e. The standard InChI is InChI=1S/C16H22O3/c1-4-12-14(10-13(17)15(12)18)19-16(2,3)11-8-6-5-7-9-11/h5-9,12,14-15,18H,4,10H2,1-3H3/t12-,14+,15?/m0/s1. The Morgan fingerprint density at radius 3 is 2.53 bits per heavy atom. The van der Waals surface area contributed by atoms with Crippen molar-refractivity contribution >= 4 is 5.78 Å². The van der Waals surface area contributed by atoms with E-state index in [0.29, 0.717) is 6.42 Å². The van der Waals surface area contributed by atoms with Crippen LogP contribution in [0.5, 0.6) is 0 Å². The van der Waals surface area contributed by atoms with E-state index in [1.807, 2.05) is 51.1 Å². The van der Waals surface area contributed by atoms with Crippen molar-refractivity contribution in [2.75, 3.05) is 0 Å². The van der Waals surface area contributed by atoms with E-state index in [1.165, 1.54) is 0 Å². The molecule has 0 heterocycles. The first-order valence-electron chi connectivity index (χ1n) is 6.90. The second-order valence-electron chi connectivity index (χ2n) is 5.72. The molecule has 1 aromatic carbocycles. The molecule has 1 fully saturated rings. The van der Waals surface area contributed by atoms with Crippen LogP contribution < -0.4 is 0 Å². The average Bonchev–Trinajstić information content (AvgIpc) is 2.65. The van der Waals surface area contributed by atoms with E-state index in [-0.39, 0.29) is 17.8 Å². The largest absolute Gasteiger partial charge is 0.385 e. The number of ether oxygens (including phenoxy) is 1. The third-order valence-corrected chi connectivity index (χ3v) is 4.00. The molecule has 0 spiro atoms. The van der Waals surface area contributed by atoms with Gasteiger partial charge in [-0.3, -0.25) is 4.79 Å². The van der Waals surface area contributed by atoms with E-state index >= 15 is 0 Å². The quantitative estimate of drug-likeness (QED) is 0.907. The molecule has 1 aromatic rings. The van der Waals surface area contributed by atoms with Gasteiger partial charge in [-0.15, -0.1) is 0 Å². The van der Waals surface area contributed by atoms with Crippen LogP contribution >= 0.6 is 0 Å². The molecule has 1 N–H and O–H groups in total. The minimum Gasteiger partial charge on any atom is -0.385 e. The second-order valence-corrected chi connectivity index (χ2v) is 5.72. The molecule has 0 amide bonds. The van der Waals surface area contributed by atoms with Crippen molar-refractivity contribution in [1.82, 2.24) is 0 Å². The third-order valence-electron chi connectivity index (χ3n) is 4.00.